The van der Waals surface area contributed by atoms with Crippen molar-refractivity contribution in [2.24, 2.45) is 5.92 Å². The van der Waals surface area contributed by atoms with Crippen molar-refractivity contribution in [2.45, 2.75) is 31.3 Å². The number of phenolic OH excluding ortho intramolecular Hbond substituents is 1. The summed E-state index contributed by atoms with van der Waals surface area (Å²) >= 11 is 6.10. The molecule has 0 spiro atoms. The second-order valence-corrected chi connectivity index (χ2v) is 7.55. The van der Waals surface area contributed by atoms with Gasteiger partial charge in [0, 0.05) is 12.1 Å². The molecule has 3 N–H and O–H groups in total. The van der Waals surface area contributed by atoms with Crippen LogP contribution in [0.4, 0.5) is 0 Å². The molecule has 1 aliphatic carbocycles. The van der Waals surface area contributed by atoms with Gasteiger partial charge in [-0.1, -0.05) is 23.7 Å². The summed E-state index contributed by atoms with van der Waals surface area (Å²) in [6, 6.07) is 13.4. The van der Waals surface area contributed by atoms with Gasteiger partial charge in [0.1, 0.15) is 11.5 Å². The monoisotopic (exact) mass is 389 g/mol. The van der Waals surface area contributed by atoms with Crippen LogP contribution in [0.25, 0.3) is 0 Å². The van der Waals surface area contributed by atoms with Crippen LogP contribution in [-0.4, -0.2) is 34.9 Å². The van der Waals surface area contributed by atoms with Crippen molar-refractivity contribution in [3.63, 3.8) is 0 Å². The zero-order valence-electron chi connectivity index (χ0n) is 15.0. The number of halogens is 1. The minimum Gasteiger partial charge on any atom is -0.508 e. The fourth-order valence-electron chi connectivity index (χ4n) is 3.29. The molecule has 0 unspecified atom stereocenters. The van der Waals surface area contributed by atoms with Crippen molar-refractivity contribution in [1.29, 1.82) is 0 Å². The molecular formula is C21H24ClNO4. The number of aliphatic hydroxyl groups is 1. The van der Waals surface area contributed by atoms with Gasteiger partial charge in [-0.25, -0.2) is 0 Å². The number of rotatable bonds is 6. The van der Waals surface area contributed by atoms with Gasteiger partial charge in [0.15, 0.2) is 0 Å². The predicted octanol–water partition coefficient (Wildman–Crippen LogP) is 3.78. The van der Waals surface area contributed by atoms with Gasteiger partial charge in [0.05, 0.1) is 17.2 Å². The molecule has 0 aliphatic heterocycles. The molecule has 1 fully saturated rings. The molecule has 3 rings (SSSR count). The molecule has 5 nitrogen and oxygen atoms in total. The first-order chi connectivity index (χ1) is 13.0. The van der Waals surface area contributed by atoms with Gasteiger partial charge in [0.2, 0.25) is 0 Å². The van der Waals surface area contributed by atoms with Crippen LogP contribution in [0.3, 0.4) is 0 Å². The van der Waals surface area contributed by atoms with E-state index in [2.05, 4.69) is 5.32 Å². The second-order valence-electron chi connectivity index (χ2n) is 7.14. The molecule has 27 heavy (non-hydrogen) atoms. The van der Waals surface area contributed by atoms with E-state index in [4.69, 9.17) is 16.3 Å². The minimum absolute atomic E-state index is 0.113. The Hall–Kier alpha value is -2.24. The summed E-state index contributed by atoms with van der Waals surface area (Å²) in [5, 5.41) is 23.4. The largest absolute Gasteiger partial charge is 0.508 e. The predicted molar refractivity (Wildman–Crippen MR) is 104 cm³/mol. The van der Waals surface area contributed by atoms with E-state index in [-0.39, 0.29) is 18.2 Å². The third-order valence-corrected chi connectivity index (χ3v) is 5.37. The average Bonchev–Trinajstić information content (AvgIpc) is 2.67. The number of phenols is 1. The van der Waals surface area contributed by atoms with Crippen LogP contribution in [0.15, 0.2) is 48.5 Å². The molecule has 144 valence electrons. The van der Waals surface area contributed by atoms with E-state index >= 15 is 0 Å². The summed E-state index contributed by atoms with van der Waals surface area (Å²) in [7, 11) is 0. The van der Waals surface area contributed by atoms with Crippen molar-refractivity contribution >= 4 is 17.5 Å². The molecular weight excluding hydrogens is 366 g/mol. The van der Waals surface area contributed by atoms with Gasteiger partial charge in [-0.05, 0) is 68.0 Å². The molecule has 0 heterocycles. The Balaban J connectivity index is 1.44. The Morgan fingerprint density at radius 2 is 1.81 bits per heavy atom. The topological polar surface area (TPSA) is 78.8 Å². The Kier molecular flexibility index (Phi) is 6.24. The number of para-hydroxylation sites is 1. The Morgan fingerprint density at radius 3 is 2.48 bits per heavy atom. The molecule has 2 aromatic rings. The number of aromatic hydroxyl groups is 1. The van der Waals surface area contributed by atoms with Crippen LogP contribution in [-0.2, 0) is 0 Å². The summed E-state index contributed by atoms with van der Waals surface area (Å²) in [5.74, 6) is 0.894. The average molecular weight is 390 g/mol. The fraction of sp³-hybridized carbons (Fsp3) is 0.381. The molecule has 1 aliphatic rings. The first kappa shape index (κ1) is 19.5. The normalized spacial score (nSPS) is 22.2. The number of ether oxygens (including phenoxy) is 1. The Morgan fingerprint density at radius 1 is 1.15 bits per heavy atom. The number of amides is 1. The lowest BCUT2D eigenvalue weighted by Gasteiger charge is -2.36. The van der Waals surface area contributed by atoms with E-state index in [1.165, 1.54) is 12.1 Å². The second kappa shape index (κ2) is 8.63. The van der Waals surface area contributed by atoms with Crippen LogP contribution in [0.1, 0.15) is 36.0 Å². The number of hydrogen-bond donors (Lipinski definition) is 3. The molecule has 0 aromatic heterocycles. The van der Waals surface area contributed by atoms with E-state index in [1.54, 1.807) is 18.2 Å². The molecule has 6 heteroatoms. The van der Waals surface area contributed by atoms with Gasteiger partial charge < -0.3 is 20.3 Å². The molecule has 0 bridgehead atoms. The lowest BCUT2D eigenvalue weighted by atomic mass is 9.79. The smallest absolute Gasteiger partial charge is 0.251 e. The van der Waals surface area contributed by atoms with E-state index in [0.717, 1.165) is 12.8 Å². The summed E-state index contributed by atoms with van der Waals surface area (Å²) in [6.45, 7) is 0.782. The highest BCUT2D eigenvalue weighted by Gasteiger charge is 2.33. The minimum atomic E-state index is -0.895. The van der Waals surface area contributed by atoms with Crippen LogP contribution in [0.2, 0.25) is 5.02 Å². The van der Waals surface area contributed by atoms with Gasteiger partial charge in [-0.2, -0.15) is 0 Å². The van der Waals surface area contributed by atoms with E-state index in [1.807, 2.05) is 18.2 Å². The number of nitrogens with one attached hydrogen (secondary N) is 1. The highest BCUT2D eigenvalue weighted by molar-refractivity contribution is 6.32. The maximum atomic E-state index is 12.2. The first-order valence-corrected chi connectivity index (χ1v) is 9.50. The van der Waals surface area contributed by atoms with Crippen LogP contribution in [0.5, 0.6) is 11.5 Å². The SMILES string of the molecule is O=C(NC[C@]1(O)CC[C@H](COc2ccccc2Cl)CC1)c1ccc(O)cc1. The van der Waals surface area contributed by atoms with Gasteiger partial charge in [-0.15, -0.1) is 0 Å². The first-order valence-electron chi connectivity index (χ1n) is 9.12. The van der Waals surface area contributed by atoms with E-state index < -0.39 is 5.60 Å². The summed E-state index contributed by atoms with van der Waals surface area (Å²) in [6.07, 6.45) is 2.88. The molecule has 2 aromatic carbocycles. The maximum absolute atomic E-state index is 12.2. The highest BCUT2D eigenvalue weighted by atomic mass is 35.5. The van der Waals surface area contributed by atoms with E-state index in [0.29, 0.717) is 41.7 Å². The van der Waals surface area contributed by atoms with Crippen molar-refractivity contribution in [1.82, 2.24) is 5.32 Å². The maximum Gasteiger partial charge on any atom is 0.251 e. The molecule has 1 saturated carbocycles. The molecule has 1 amide bonds. The number of benzene rings is 2. The quantitative estimate of drug-likeness (QED) is 0.702. The highest BCUT2D eigenvalue weighted by Crippen LogP contribution is 2.33. The van der Waals surface area contributed by atoms with E-state index in [9.17, 15) is 15.0 Å². The summed E-state index contributed by atoms with van der Waals surface area (Å²) < 4.78 is 5.81. The molecule has 0 radical (unpaired) electrons. The molecule has 0 saturated heterocycles. The van der Waals surface area contributed by atoms with Crippen molar-refractivity contribution in [3.05, 3.63) is 59.1 Å². The zero-order chi connectivity index (χ0) is 19.3. The Bertz CT molecular complexity index is 770. The van der Waals surface area contributed by atoms with Crippen molar-refractivity contribution < 1.29 is 19.7 Å². The Labute approximate surface area is 163 Å². The number of hydrogen-bond acceptors (Lipinski definition) is 4. The van der Waals surface area contributed by atoms with Crippen LogP contribution in [0, 0.1) is 5.92 Å². The standard InChI is InChI=1S/C21H24ClNO4/c22-18-3-1-2-4-19(18)27-13-15-9-11-21(26,12-10-15)14-23-20(25)16-5-7-17(24)8-6-16/h1-8,15,24,26H,9-14H2,(H,23,25)/t15-,21-. The van der Waals surface area contributed by atoms with Gasteiger partial charge in [-0.3, -0.25) is 4.79 Å². The lowest BCUT2D eigenvalue weighted by Crippen LogP contribution is -2.45. The number of carbonyl (C=O) groups is 1. The van der Waals surface area contributed by atoms with Crippen LogP contribution >= 0.6 is 11.6 Å². The zero-order valence-corrected chi connectivity index (χ0v) is 15.8. The third-order valence-electron chi connectivity index (χ3n) is 5.05. The van der Waals surface area contributed by atoms with Crippen LogP contribution < -0.4 is 10.1 Å². The summed E-state index contributed by atoms with van der Waals surface area (Å²) in [5.41, 5.74) is -0.439. The fourth-order valence-corrected chi connectivity index (χ4v) is 3.48. The summed E-state index contributed by atoms with van der Waals surface area (Å²) in [4.78, 5) is 12.2. The van der Waals surface area contributed by atoms with Gasteiger partial charge in [0.25, 0.3) is 5.91 Å². The number of carbonyl (C=O) groups excluding carboxylic acids is 1. The van der Waals surface area contributed by atoms with Crippen molar-refractivity contribution in [2.75, 3.05) is 13.2 Å². The molecule has 0 atom stereocenters. The lowest BCUT2D eigenvalue weighted by molar-refractivity contribution is -0.0129. The van der Waals surface area contributed by atoms with Crippen molar-refractivity contribution in [3.8, 4) is 11.5 Å². The van der Waals surface area contributed by atoms with Gasteiger partial charge >= 0.3 is 0 Å². The third kappa shape index (κ3) is 5.37.